The molecule has 2 aromatic carbocycles. The molecule has 0 bridgehead atoms. The number of hydrogen-bond acceptors (Lipinski definition) is 5. The van der Waals surface area contributed by atoms with Gasteiger partial charge < -0.3 is 20.4 Å². The molecule has 0 unspecified atom stereocenters. The molecule has 3 amide bonds. The van der Waals surface area contributed by atoms with E-state index in [1.807, 2.05) is 0 Å². The van der Waals surface area contributed by atoms with E-state index in [2.05, 4.69) is 16.0 Å². The van der Waals surface area contributed by atoms with E-state index >= 15 is 0 Å². The number of urea groups is 1. The number of furan rings is 1. The number of hydrogen-bond donors (Lipinski definition) is 3. The lowest BCUT2D eigenvalue weighted by Crippen LogP contribution is -2.28. The van der Waals surface area contributed by atoms with E-state index in [1.165, 1.54) is 22.7 Å². The van der Waals surface area contributed by atoms with E-state index in [4.69, 9.17) is 4.42 Å². The normalized spacial score (nSPS) is 14.1. The molecule has 0 spiro atoms. The summed E-state index contributed by atoms with van der Waals surface area (Å²) in [7, 11) is -3.60. The second kappa shape index (κ2) is 9.88. The van der Waals surface area contributed by atoms with E-state index in [-0.39, 0.29) is 23.0 Å². The van der Waals surface area contributed by atoms with Crippen LogP contribution in [-0.4, -0.2) is 37.8 Å². The highest BCUT2D eigenvalue weighted by Crippen LogP contribution is 2.22. The van der Waals surface area contributed by atoms with E-state index in [0.29, 0.717) is 30.2 Å². The van der Waals surface area contributed by atoms with Gasteiger partial charge in [-0.1, -0.05) is 6.07 Å². The molecule has 1 aliphatic rings. The quantitative estimate of drug-likeness (QED) is 0.489. The van der Waals surface area contributed by atoms with Crippen LogP contribution in [0, 0.1) is 0 Å². The maximum absolute atomic E-state index is 12.8. The second-order valence-corrected chi connectivity index (χ2v) is 9.50. The average Bonchev–Trinajstić information content (AvgIpc) is 3.54. The maximum Gasteiger partial charge on any atom is 0.319 e. The highest BCUT2D eigenvalue weighted by atomic mass is 32.2. The van der Waals surface area contributed by atoms with Crippen LogP contribution in [0.25, 0.3) is 0 Å². The lowest BCUT2D eigenvalue weighted by Gasteiger charge is -2.16. The third kappa shape index (κ3) is 5.60. The van der Waals surface area contributed by atoms with Crippen LogP contribution in [-0.2, 0) is 16.6 Å². The standard InChI is InChI=1S/C23H24N4O5S/c28-22(17-5-3-7-21(15-17)33(30,31)27-12-1-2-13-27)25-18-8-10-19(11-9-18)26-23(29)24-16-20-6-4-14-32-20/h3-11,14-15H,1-2,12-13,16H2,(H,25,28)(H2,24,26,29). The predicted octanol–water partition coefficient (Wildman–Crippen LogP) is 3.64. The molecule has 4 rings (SSSR count). The third-order valence-electron chi connectivity index (χ3n) is 5.20. The molecule has 1 aromatic heterocycles. The molecule has 0 saturated carbocycles. The first-order chi connectivity index (χ1) is 15.9. The number of nitrogens with one attached hydrogen (secondary N) is 3. The number of carbonyl (C=O) groups is 2. The zero-order chi connectivity index (χ0) is 23.3. The fraction of sp³-hybridized carbons (Fsp3) is 0.217. The molecule has 172 valence electrons. The summed E-state index contributed by atoms with van der Waals surface area (Å²) >= 11 is 0. The number of amides is 3. The zero-order valence-corrected chi connectivity index (χ0v) is 18.6. The van der Waals surface area contributed by atoms with Crippen molar-refractivity contribution in [2.75, 3.05) is 23.7 Å². The van der Waals surface area contributed by atoms with E-state index in [9.17, 15) is 18.0 Å². The van der Waals surface area contributed by atoms with Crippen LogP contribution < -0.4 is 16.0 Å². The first kappa shape index (κ1) is 22.6. The molecular formula is C23H24N4O5S. The summed E-state index contributed by atoms with van der Waals surface area (Å²) < 4.78 is 32.1. The number of anilines is 2. The van der Waals surface area contributed by atoms with Gasteiger partial charge in [-0.3, -0.25) is 4.79 Å². The van der Waals surface area contributed by atoms with Gasteiger partial charge in [-0.25, -0.2) is 13.2 Å². The summed E-state index contributed by atoms with van der Waals surface area (Å²) in [4.78, 5) is 24.8. The van der Waals surface area contributed by atoms with Gasteiger partial charge in [0.15, 0.2) is 0 Å². The van der Waals surface area contributed by atoms with Crippen molar-refractivity contribution < 1.29 is 22.4 Å². The van der Waals surface area contributed by atoms with Crippen LogP contribution in [0.5, 0.6) is 0 Å². The van der Waals surface area contributed by atoms with Gasteiger partial charge in [-0.2, -0.15) is 4.31 Å². The molecule has 0 atom stereocenters. The Morgan fingerprint density at radius 3 is 2.27 bits per heavy atom. The van der Waals surface area contributed by atoms with Gasteiger partial charge >= 0.3 is 6.03 Å². The Morgan fingerprint density at radius 2 is 1.61 bits per heavy atom. The van der Waals surface area contributed by atoms with Gasteiger partial charge in [0.1, 0.15) is 5.76 Å². The second-order valence-electron chi connectivity index (χ2n) is 7.56. The summed E-state index contributed by atoms with van der Waals surface area (Å²) in [5.74, 6) is 0.214. The number of nitrogens with zero attached hydrogens (tertiary/aromatic N) is 1. The molecule has 3 N–H and O–H groups in total. The monoisotopic (exact) mass is 468 g/mol. The highest BCUT2D eigenvalue weighted by molar-refractivity contribution is 7.89. The molecule has 9 nitrogen and oxygen atoms in total. The first-order valence-corrected chi connectivity index (χ1v) is 11.9. The Labute approximate surface area is 191 Å². The Morgan fingerprint density at radius 1 is 0.909 bits per heavy atom. The smallest absolute Gasteiger partial charge is 0.319 e. The number of benzene rings is 2. The molecular weight excluding hydrogens is 444 g/mol. The van der Waals surface area contributed by atoms with Gasteiger partial charge in [0.25, 0.3) is 5.91 Å². The van der Waals surface area contributed by atoms with Gasteiger partial charge in [0.05, 0.1) is 17.7 Å². The van der Waals surface area contributed by atoms with Crippen LogP contribution in [0.2, 0.25) is 0 Å². The topological polar surface area (TPSA) is 121 Å². The fourth-order valence-electron chi connectivity index (χ4n) is 3.47. The van der Waals surface area contributed by atoms with Crippen molar-refractivity contribution in [3.63, 3.8) is 0 Å². The lowest BCUT2D eigenvalue weighted by molar-refractivity contribution is 0.102. The molecule has 1 aliphatic heterocycles. The van der Waals surface area contributed by atoms with Gasteiger partial charge in [0, 0.05) is 30.0 Å². The summed E-state index contributed by atoms with van der Waals surface area (Å²) in [5, 5.41) is 8.11. The summed E-state index contributed by atoms with van der Waals surface area (Å²) in [5.41, 5.74) is 1.30. The molecule has 1 saturated heterocycles. The lowest BCUT2D eigenvalue weighted by atomic mass is 10.2. The van der Waals surface area contributed by atoms with Crippen molar-refractivity contribution in [2.45, 2.75) is 24.3 Å². The van der Waals surface area contributed by atoms with Gasteiger partial charge in [0.2, 0.25) is 10.0 Å². The molecule has 33 heavy (non-hydrogen) atoms. The predicted molar refractivity (Wildman–Crippen MR) is 123 cm³/mol. The van der Waals surface area contributed by atoms with Crippen molar-refractivity contribution in [1.29, 1.82) is 0 Å². The van der Waals surface area contributed by atoms with E-state index in [0.717, 1.165) is 12.8 Å². The van der Waals surface area contributed by atoms with Crippen LogP contribution in [0.4, 0.5) is 16.2 Å². The van der Waals surface area contributed by atoms with Crippen molar-refractivity contribution in [1.82, 2.24) is 9.62 Å². The van der Waals surface area contributed by atoms with E-state index < -0.39 is 15.9 Å². The number of sulfonamides is 1. The maximum atomic E-state index is 12.8. The first-order valence-electron chi connectivity index (χ1n) is 10.5. The van der Waals surface area contributed by atoms with Crippen LogP contribution in [0.3, 0.4) is 0 Å². The summed E-state index contributed by atoms with van der Waals surface area (Å²) in [6.07, 6.45) is 3.22. The number of rotatable bonds is 7. The third-order valence-corrected chi connectivity index (χ3v) is 7.10. The minimum atomic E-state index is -3.60. The fourth-order valence-corrected chi connectivity index (χ4v) is 5.03. The van der Waals surface area contributed by atoms with Crippen molar-refractivity contribution in [3.8, 4) is 0 Å². The Hall–Kier alpha value is -3.63. The van der Waals surface area contributed by atoms with Crippen molar-refractivity contribution in [2.24, 2.45) is 0 Å². The molecule has 10 heteroatoms. The molecule has 1 fully saturated rings. The molecule has 0 radical (unpaired) electrons. The largest absolute Gasteiger partial charge is 0.467 e. The highest BCUT2D eigenvalue weighted by Gasteiger charge is 2.27. The number of carbonyl (C=O) groups excluding carboxylic acids is 2. The summed E-state index contributed by atoms with van der Waals surface area (Å²) in [6.45, 7) is 1.26. The SMILES string of the molecule is O=C(NCc1ccco1)Nc1ccc(NC(=O)c2cccc(S(=O)(=O)N3CCCC3)c2)cc1. The Bertz CT molecular complexity index is 1220. The van der Waals surface area contributed by atoms with Crippen LogP contribution >= 0.6 is 0 Å². The average molecular weight is 469 g/mol. The minimum Gasteiger partial charge on any atom is -0.467 e. The minimum absolute atomic E-state index is 0.108. The Kier molecular flexibility index (Phi) is 6.76. The van der Waals surface area contributed by atoms with Crippen molar-refractivity contribution >= 4 is 33.3 Å². The van der Waals surface area contributed by atoms with E-state index in [1.54, 1.807) is 48.5 Å². The van der Waals surface area contributed by atoms with Crippen LogP contribution in [0.1, 0.15) is 29.0 Å². The van der Waals surface area contributed by atoms with Crippen molar-refractivity contribution in [3.05, 3.63) is 78.3 Å². The van der Waals surface area contributed by atoms with Gasteiger partial charge in [-0.05, 0) is 67.4 Å². The molecule has 2 heterocycles. The molecule has 0 aliphatic carbocycles. The zero-order valence-electron chi connectivity index (χ0n) is 17.8. The summed E-state index contributed by atoms with van der Waals surface area (Å²) in [6, 6.07) is 15.7. The molecule has 3 aromatic rings. The van der Waals surface area contributed by atoms with Crippen LogP contribution in [0.15, 0.2) is 76.2 Å². The van der Waals surface area contributed by atoms with Gasteiger partial charge in [-0.15, -0.1) is 0 Å². The Balaban J connectivity index is 1.35.